The smallest absolute Gasteiger partial charge is 0.149 e. The van der Waals surface area contributed by atoms with Gasteiger partial charge in [0.2, 0.25) is 0 Å². The Morgan fingerprint density at radius 3 is 2.73 bits per heavy atom. The average Bonchev–Trinajstić information content (AvgIpc) is 2.20. The predicted octanol–water partition coefficient (Wildman–Crippen LogP) is 3.51. The van der Waals surface area contributed by atoms with Gasteiger partial charge in [-0.1, -0.05) is 35.8 Å². The van der Waals surface area contributed by atoms with Crippen LogP contribution in [0, 0.1) is 11.8 Å². The van der Waals surface area contributed by atoms with Gasteiger partial charge in [-0.2, -0.15) is 0 Å². The van der Waals surface area contributed by atoms with E-state index >= 15 is 0 Å². The van der Waals surface area contributed by atoms with Crippen LogP contribution in [0.15, 0.2) is 29.8 Å². The molecule has 0 unspecified atom stereocenters. The topological polar surface area (TPSA) is 9.23 Å². The van der Waals surface area contributed by atoms with Crippen LogP contribution in [0.25, 0.3) is 6.08 Å². The minimum absolute atomic E-state index is 0.449. The second-order valence-corrected chi connectivity index (χ2v) is 3.47. The monoisotopic (exact) mass is 200 g/mol. The largest absolute Gasteiger partial charge is 0.480 e. The van der Waals surface area contributed by atoms with Crippen molar-refractivity contribution in [2.24, 2.45) is 0 Å². The Kier molecular flexibility index (Phi) is 4.50. The van der Waals surface area contributed by atoms with Crippen molar-refractivity contribution in [2.75, 3.05) is 6.61 Å². The molecule has 0 atom stereocenters. The van der Waals surface area contributed by atoms with E-state index in [0.29, 0.717) is 6.61 Å². The Morgan fingerprint density at radius 2 is 2.07 bits per heavy atom. The van der Waals surface area contributed by atoms with E-state index in [0.717, 1.165) is 11.3 Å². The molecule has 0 N–H and O–H groups in total. The standard InChI is InChI=1S/C14H16O/c1-4-5-10-15-14-9-7-6-8-13(14)11-12(2)3/h6-9,11H,10H2,1-3H3. The van der Waals surface area contributed by atoms with Crippen LogP contribution in [0.3, 0.4) is 0 Å². The molecule has 0 saturated carbocycles. The maximum atomic E-state index is 5.56. The van der Waals surface area contributed by atoms with E-state index in [2.05, 4.69) is 31.8 Å². The third-order valence-corrected chi connectivity index (χ3v) is 1.84. The average molecular weight is 200 g/mol. The second-order valence-electron chi connectivity index (χ2n) is 3.47. The highest BCUT2D eigenvalue weighted by Gasteiger charge is 1.98. The van der Waals surface area contributed by atoms with Crippen molar-refractivity contribution in [1.29, 1.82) is 0 Å². The molecule has 0 aromatic heterocycles. The Balaban J connectivity index is 2.85. The summed E-state index contributed by atoms with van der Waals surface area (Å²) < 4.78 is 5.56. The third-order valence-electron chi connectivity index (χ3n) is 1.84. The minimum atomic E-state index is 0.449. The molecule has 1 nitrogen and oxygen atoms in total. The van der Waals surface area contributed by atoms with Gasteiger partial charge in [0.1, 0.15) is 12.4 Å². The van der Waals surface area contributed by atoms with Crippen molar-refractivity contribution in [3.8, 4) is 17.6 Å². The quantitative estimate of drug-likeness (QED) is 0.678. The molecule has 0 saturated heterocycles. The van der Waals surface area contributed by atoms with E-state index in [9.17, 15) is 0 Å². The van der Waals surface area contributed by atoms with Crippen LogP contribution in [-0.4, -0.2) is 6.61 Å². The van der Waals surface area contributed by atoms with Gasteiger partial charge < -0.3 is 4.74 Å². The summed E-state index contributed by atoms with van der Waals surface area (Å²) in [6, 6.07) is 7.98. The molecular weight excluding hydrogens is 184 g/mol. The van der Waals surface area contributed by atoms with Crippen LogP contribution in [0.1, 0.15) is 26.3 Å². The molecule has 1 rings (SSSR count). The Bertz CT molecular complexity index is 401. The van der Waals surface area contributed by atoms with Crippen LogP contribution in [0.5, 0.6) is 5.75 Å². The summed E-state index contributed by atoms with van der Waals surface area (Å²) >= 11 is 0. The highest BCUT2D eigenvalue weighted by molar-refractivity contribution is 5.59. The van der Waals surface area contributed by atoms with Crippen molar-refractivity contribution in [3.05, 3.63) is 35.4 Å². The maximum Gasteiger partial charge on any atom is 0.149 e. The van der Waals surface area contributed by atoms with Crippen LogP contribution in [-0.2, 0) is 0 Å². The summed E-state index contributed by atoms with van der Waals surface area (Å²) in [6.07, 6.45) is 2.11. The molecule has 0 spiro atoms. The maximum absolute atomic E-state index is 5.56. The molecule has 0 bridgehead atoms. The zero-order valence-corrected chi connectivity index (χ0v) is 9.50. The Labute approximate surface area is 91.8 Å². The van der Waals surface area contributed by atoms with E-state index in [1.165, 1.54) is 5.57 Å². The molecule has 78 valence electrons. The molecule has 0 aliphatic rings. The Hall–Kier alpha value is -1.68. The molecule has 1 aromatic rings. The highest BCUT2D eigenvalue weighted by Crippen LogP contribution is 2.20. The second kappa shape index (κ2) is 5.93. The lowest BCUT2D eigenvalue weighted by Crippen LogP contribution is -1.95. The van der Waals surface area contributed by atoms with E-state index in [-0.39, 0.29) is 0 Å². The zero-order valence-electron chi connectivity index (χ0n) is 9.50. The molecule has 1 aromatic carbocycles. The lowest BCUT2D eigenvalue weighted by Gasteiger charge is -2.06. The predicted molar refractivity (Wildman–Crippen MR) is 64.7 cm³/mol. The number of ether oxygens (including phenoxy) is 1. The summed E-state index contributed by atoms with van der Waals surface area (Å²) in [5.74, 6) is 6.58. The van der Waals surface area contributed by atoms with Gasteiger partial charge in [0.25, 0.3) is 0 Å². The fraction of sp³-hybridized carbons (Fsp3) is 0.286. The fourth-order valence-corrected chi connectivity index (χ4v) is 1.23. The number of para-hydroxylation sites is 1. The molecule has 0 aliphatic heterocycles. The van der Waals surface area contributed by atoms with E-state index < -0.39 is 0 Å². The Morgan fingerprint density at radius 1 is 1.33 bits per heavy atom. The van der Waals surface area contributed by atoms with Gasteiger partial charge in [0.15, 0.2) is 0 Å². The van der Waals surface area contributed by atoms with Gasteiger partial charge in [-0.15, -0.1) is 5.92 Å². The van der Waals surface area contributed by atoms with Crippen molar-refractivity contribution in [1.82, 2.24) is 0 Å². The molecule has 0 amide bonds. The summed E-state index contributed by atoms with van der Waals surface area (Å²) in [6.45, 7) is 6.40. The SMILES string of the molecule is CC#CCOc1ccccc1C=C(C)C. The summed E-state index contributed by atoms with van der Waals surface area (Å²) in [5.41, 5.74) is 2.36. The molecular formula is C14H16O. The number of hydrogen-bond donors (Lipinski definition) is 0. The zero-order chi connectivity index (χ0) is 11.1. The van der Waals surface area contributed by atoms with Gasteiger partial charge in [0.05, 0.1) is 0 Å². The van der Waals surface area contributed by atoms with Gasteiger partial charge in [-0.05, 0) is 26.8 Å². The molecule has 15 heavy (non-hydrogen) atoms. The molecule has 0 heterocycles. The highest BCUT2D eigenvalue weighted by atomic mass is 16.5. The summed E-state index contributed by atoms with van der Waals surface area (Å²) in [5, 5.41) is 0. The number of rotatable bonds is 3. The van der Waals surface area contributed by atoms with Gasteiger partial charge in [0, 0.05) is 5.56 Å². The molecule has 0 radical (unpaired) electrons. The van der Waals surface area contributed by atoms with Crippen LogP contribution in [0.4, 0.5) is 0 Å². The number of benzene rings is 1. The number of allylic oxidation sites excluding steroid dienone is 1. The van der Waals surface area contributed by atoms with Gasteiger partial charge in [-0.3, -0.25) is 0 Å². The summed E-state index contributed by atoms with van der Waals surface area (Å²) in [7, 11) is 0. The first-order chi connectivity index (χ1) is 7.24. The van der Waals surface area contributed by atoms with Crippen molar-refractivity contribution >= 4 is 6.08 Å². The first-order valence-electron chi connectivity index (χ1n) is 5.00. The van der Waals surface area contributed by atoms with Crippen molar-refractivity contribution in [3.63, 3.8) is 0 Å². The summed E-state index contributed by atoms with van der Waals surface area (Å²) in [4.78, 5) is 0. The van der Waals surface area contributed by atoms with Crippen LogP contribution >= 0.6 is 0 Å². The lowest BCUT2D eigenvalue weighted by atomic mass is 10.1. The van der Waals surface area contributed by atoms with Gasteiger partial charge >= 0.3 is 0 Å². The van der Waals surface area contributed by atoms with Crippen molar-refractivity contribution in [2.45, 2.75) is 20.8 Å². The fourth-order valence-electron chi connectivity index (χ4n) is 1.23. The van der Waals surface area contributed by atoms with Crippen LogP contribution in [0.2, 0.25) is 0 Å². The normalized spacial score (nSPS) is 8.73. The molecule has 0 aliphatic carbocycles. The van der Waals surface area contributed by atoms with Gasteiger partial charge in [-0.25, -0.2) is 0 Å². The van der Waals surface area contributed by atoms with E-state index in [4.69, 9.17) is 4.74 Å². The number of hydrogen-bond acceptors (Lipinski definition) is 1. The molecule has 1 heteroatoms. The first kappa shape index (κ1) is 11.4. The first-order valence-corrected chi connectivity index (χ1v) is 5.00. The van der Waals surface area contributed by atoms with E-state index in [1.807, 2.05) is 31.2 Å². The van der Waals surface area contributed by atoms with Crippen LogP contribution < -0.4 is 4.74 Å². The third kappa shape index (κ3) is 3.91. The lowest BCUT2D eigenvalue weighted by molar-refractivity contribution is 0.369. The van der Waals surface area contributed by atoms with E-state index in [1.54, 1.807) is 0 Å². The molecule has 0 fully saturated rings. The minimum Gasteiger partial charge on any atom is -0.480 e. The van der Waals surface area contributed by atoms with Crippen molar-refractivity contribution < 1.29 is 4.74 Å².